The van der Waals surface area contributed by atoms with Gasteiger partial charge in [-0.3, -0.25) is 0 Å². The zero-order valence-electron chi connectivity index (χ0n) is 10.5. The fraction of sp³-hybridized carbons (Fsp3) is 0.214. The van der Waals surface area contributed by atoms with E-state index in [1.807, 2.05) is 31.3 Å². The second kappa shape index (κ2) is 6.02. The number of nitrogens with one attached hydrogen (secondary N) is 1. The number of ether oxygens (including phenoxy) is 2. The largest absolute Gasteiger partial charge is 0.481 e. The minimum absolute atomic E-state index is 0.541. The number of aromatic nitrogens is 1. The van der Waals surface area contributed by atoms with Gasteiger partial charge in [0.2, 0.25) is 5.88 Å². The normalized spacial score (nSPS) is 10.1. The summed E-state index contributed by atoms with van der Waals surface area (Å²) in [6.45, 7) is 0.851. The summed E-state index contributed by atoms with van der Waals surface area (Å²) in [5.41, 5.74) is 1.22. The van der Waals surface area contributed by atoms with Crippen molar-refractivity contribution in [1.29, 1.82) is 0 Å². The topological polar surface area (TPSA) is 43.4 Å². The zero-order chi connectivity index (χ0) is 12.8. The number of nitrogens with zero attached hydrogens (tertiary/aromatic N) is 1. The third-order valence-electron chi connectivity index (χ3n) is 2.46. The molecule has 2 aromatic rings. The predicted octanol–water partition coefficient (Wildman–Crippen LogP) is 2.60. The average Bonchev–Trinajstić information content (AvgIpc) is 2.42. The second-order valence-electron chi connectivity index (χ2n) is 3.81. The molecule has 1 aromatic carbocycles. The van der Waals surface area contributed by atoms with Gasteiger partial charge in [-0.1, -0.05) is 12.1 Å². The van der Waals surface area contributed by atoms with Gasteiger partial charge in [-0.15, -0.1) is 0 Å². The number of hydrogen-bond acceptors (Lipinski definition) is 4. The first-order chi connectivity index (χ1) is 8.81. The van der Waals surface area contributed by atoms with Crippen LogP contribution in [-0.2, 0) is 6.54 Å². The van der Waals surface area contributed by atoms with Gasteiger partial charge in [0.25, 0.3) is 0 Å². The van der Waals surface area contributed by atoms with E-state index in [1.54, 1.807) is 25.4 Å². The first kappa shape index (κ1) is 12.4. The average molecular weight is 244 g/mol. The number of benzene rings is 1. The highest BCUT2D eigenvalue weighted by molar-refractivity contribution is 5.34. The zero-order valence-corrected chi connectivity index (χ0v) is 10.5. The summed E-state index contributed by atoms with van der Waals surface area (Å²) >= 11 is 0. The van der Waals surface area contributed by atoms with Gasteiger partial charge in [0.15, 0.2) is 0 Å². The van der Waals surface area contributed by atoms with Gasteiger partial charge in [0, 0.05) is 18.8 Å². The second-order valence-corrected chi connectivity index (χ2v) is 3.81. The third kappa shape index (κ3) is 3.21. The summed E-state index contributed by atoms with van der Waals surface area (Å²) in [5.74, 6) is 2.05. The van der Waals surface area contributed by atoms with Crippen molar-refractivity contribution in [2.45, 2.75) is 6.54 Å². The Labute approximate surface area is 107 Å². The Hall–Kier alpha value is -2.07. The lowest BCUT2D eigenvalue weighted by atomic mass is 10.2. The van der Waals surface area contributed by atoms with Crippen molar-refractivity contribution in [1.82, 2.24) is 10.3 Å². The predicted molar refractivity (Wildman–Crippen MR) is 70.1 cm³/mol. The molecule has 1 N–H and O–H groups in total. The van der Waals surface area contributed by atoms with Crippen LogP contribution in [0.25, 0.3) is 0 Å². The Morgan fingerprint density at radius 3 is 2.56 bits per heavy atom. The van der Waals surface area contributed by atoms with Crippen molar-refractivity contribution >= 4 is 0 Å². The lowest BCUT2D eigenvalue weighted by Crippen LogP contribution is -2.04. The van der Waals surface area contributed by atoms with Gasteiger partial charge in [-0.2, -0.15) is 0 Å². The molecule has 1 heterocycles. The van der Waals surface area contributed by atoms with Crippen molar-refractivity contribution in [3.8, 4) is 17.4 Å². The van der Waals surface area contributed by atoms with Gasteiger partial charge in [-0.25, -0.2) is 4.98 Å². The van der Waals surface area contributed by atoms with E-state index in [0.29, 0.717) is 11.6 Å². The molecular formula is C14H16N2O2. The van der Waals surface area contributed by atoms with E-state index in [2.05, 4.69) is 10.3 Å². The summed E-state index contributed by atoms with van der Waals surface area (Å²) in [5, 5.41) is 3.10. The summed E-state index contributed by atoms with van der Waals surface area (Å²) in [4.78, 5) is 4.03. The first-order valence-electron chi connectivity index (χ1n) is 5.73. The number of hydrogen-bond donors (Lipinski definition) is 1. The summed E-state index contributed by atoms with van der Waals surface area (Å²) in [7, 11) is 3.51. The monoisotopic (exact) mass is 244 g/mol. The third-order valence-corrected chi connectivity index (χ3v) is 2.46. The lowest BCUT2D eigenvalue weighted by Gasteiger charge is -2.07. The lowest BCUT2D eigenvalue weighted by molar-refractivity contribution is 0.392. The van der Waals surface area contributed by atoms with Crippen LogP contribution < -0.4 is 14.8 Å². The van der Waals surface area contributed by atoms with Crippen LogP contribution in [0.1, 0.15) is 5.56 Å². The SMILES string of the molecule is CNCc1ccc(Oc2ccnc(OC)c2)cc1. The standard InChI is InChI=1S/C14H16N2O2/c1-15-10-11-3-5-12(6-4-11)18-13-7-8-16-14(9-13)17-2/h3-9,15H,10H2,1-2H3. The molecule has 0 atom stereocenters. The first-order valence-corrected chi connectivity index (χ1v) is 5.73. The fourth-order valence-corrected chi connectivity index (χ4v) is 1.58. The Kier molecular flexibility index (Phi) is 4.15. The molecule has 0 saturated heterocycles. The maximum absolute atomic E-state index is 5.71. The molecular weight excluding hydrogens is 228 g/mol. The quantitative estimate of drug-likeness (QED) is 0.878. The number of rotatable bonds is 5. The summed E-state index contributed by atoms with van der Waals surface area (Å²) < 4.78 is 10.8. The molecule has 0 spiro atoms. The molecule has 0 unspecified atom stereocenters. The molecule has 0 bridgehead atoms. The van der Waals surface area contributed by atoms with Crippen molar-refractivity contribution in [3.63, 3.8) is 0 Å². The van der Waals surface area contributed by atoms with Crippen molar-refractivity contribution in [3.05, 3.63) is 48.2 Å². The Morgan fingerprint density at radius 2 is 1.89 bits per heavy atom. The molecule has 2 rings (SSSR count). The van der Waals surface area contributed by atoms with E-state index < -0.39 is 0 Å². The van der Waals surface area contributed by atoms with Crippen LogP contribution in [0.15, 0.2) is 42.6 Å². The smallest absolute Gasteiger partial charge is 0.216 e. The molecule has 0 amide bonds. The highest BCUT2D eigenvalue weighted by Crippen LogP contribution is 2.23. The minimum Gasteiger partial charge on any atom is -0.481 e. The molecule has 4 nitrogen and oxygen atoms in total. The van der Waals surface area contributed by atoms with Crippen molar-refractivity contribution in [2.24, 2.45) is 0 Å². The van der Waals surface area contributed by atoms with Gasteiger partial charge in [0.1, 0.15) is 11.5 Å². The maximum atomic E-state index is 5.71. The molecule has 94 valence electrons. The van der Waals surface area contributed by atoms with Gasteiger partial charge in [0.05, 0.1) is 7.11 Å². The van der Waals surface area contributed by atoms with E-state index in [0.717, 1.165) is 12.3 Å². The summed E-state index contributed by atoms with van der Waals surface area (Å²) in [6, 6.07) is 11.5. The highest BCUT2D eigenvalue weighted by atomic mass is 16.5. The van der Waals surface area contributed by atoms with Crippen LogP contribution in [0, 0.1) is 0 Å². The molecule has 0 fully saturated rings. The maximum Gasteiger partial charge on any atom is 0.216 e. The van der Waals surface area contributed by atoms with E-state index in [9.17, 15) is 0 Å². The van der Waals surface area contributed by atoms with Crippen LogP contribution in [0.5, 0.6) is 17.4 Å². The van der Waals surface area contributed by atoms with Crippen LogP contribution >= 0.6 is 0 Å². The fourth-order valence-electron chi connectivity index (χ4n) is 1.58. The molecule has 0 aliphatic carbocycles. The van der Waals surface area contributed by atoms with Crippen LogP contribution in [0.4, 0.5) is 0 Å². The van der Waals surface area contributed by atoms with Gasteiger partial charge in [-0.05, 0) is 30.8 Å². The van der Waals surface area contributed by atoms with Crippen LogP contribution in [0.3, 0.4) is 0 Å². The molecule has 0 radical (unpaired) electrons. The number of methoxy groups -OCH3 is 1. The van der Waals surface area contributed by atoms with Crippen LogP contribution in [-0.4, -0.2) is 19.1 Å². The summed E-state index contributed by atoms with van der Waals surface area (Å²) in [6.07, 6.45) is 1.66. The van der Waals surface area contributed by atoms with Crippen molar-refractivity contribution in [2.75, 3.05) is 14.2 Å². The van der Waals surface area contributed by atoms with Gasteiger partial charge >= 0.3 is 0 Å². The Bertz CT molecular complexity index is 497. The molecule has 0 saturated carbocycles. The molecule has 4 heteroatoms. The minimum atomic E-state index is 0.541. The Morgan fingerprint density at radius 1 is 1.11 bits per heavy atom. The van der Waals surface area contributed by atoms with E-state index in [1.165, 1.54) is 5.56 Å². The van der Waals surface area contributed by atoms with E-state index in [4.69, 9.17) is 9.47 Å². The molecule has 0 aliphatic rings. The van der Waals surface area contributed by atoms with E-state index in [-0.39, 0.29) is 0 Å². The Balaban J connectivity index is 2.08. The highest BCUT2D eigenvalue weighted by Gasteiger charge is 2.00. The molecule has 0 aliphatic heterocycles. The molecule has 1 aromatic heterocycles. The molecule has 18 heavy (non-hydrogen) atoms. The van der Waals surface area contributed by atoms with Gasteiger partial charge < -0.3 is 14.8 Å². The number of pyridine rings is 1. The van der Waals surface area contributed by atoms with Crippen LogP contribution in [0.2, 0.25) is 0 Å². The van der Waals surface area contributed by atoms with Crippen molar-refractivity contribution < 1.29 is 9.47 Å². The van der Waals surface area contributed by atoms with E-state index >= 15 is 0 Å².